The lowest BCUT2D eigenvalue weighted by atomic mass is 10.1. The van der Waals surface area contributed by atoms with Crippen LogP contribution in [-0.2, 0) is 6.54 Å². The second kappa shape index (κ2) is 7.65. The number of carbonyl (C=O) groups excluding carboxylic acids is 1. The SMILES string of the molecule is CCN(Cc1cccs1)C(=O)c1ccc(N2CCCC2)c([N+](=O)[O-])c1. The molecule has 1 aliphatic rings. The number of rotatable bonds is 6. The molecule has 0 N–H and O–H groups in total. The Balaban J connectivity index is 1.86. The predicted octanol–water partition coefficient (Wildman–Crippen LogP) is 3.92. The summed E-state index contributed by atoms with van der Waals surface area (Å²) in [6.07, 6.45) is 2.09. The van der Waals surface area contributed by atoms with E-state index in [0.29, 0.717) is 24.3 Å². The second-order valence-electron chi connectivity index (χ2n) is 6.05. The van der Waals surface area contributed by atoms with Crippen LogP contribution in [0.3, 0.4) is 0 Å². The number of thiophene rings is 1. The summed E-state index contributed by atoms with van der Waals surface area (Å²) in [7, 11) is 0. The molecule has 0 atom stereocenters. The summed E-state index contributed by atoms with van der Waals surface area (Å²) in [5, 5.41) is 13.5. The maximum atomic E-state index is 12.8. The molecule has 6 nitrogen and oxygen atoms in total. The molecule has 0 aliphatic carbocycles. The van der Waals surface area contributed by atoms with E-state index in [9.17, 15) is 14.9 Å². The smallest absolute Gasteiger partial charge is 0.293 e. The highest BCUT2D eigenvalue weighted by molar-refractivity contribution is 7.09. The Bertz CT molecular complexity index is 755. The molecular weight excluding hydrogens is 338 g/mol. The van der Waals surface area contributed by atoms with Gasteiger partial charge in [-0.2, -0.15) is 0 Å². The van der Waals surface area contributed by atoms with Crippen molar-refractivity contribution in [3.8, 4) is 0 Å². The Hall–Kier alpha value is -2.41. The first-order valence-corrected chi connectivity index (χ1v) is 9.33. The monoisotopic (exact) mass is 359 g/mol. The fourth-order valence-corrected chi connectivity index (χ4v) is 3.85. The van der Waals surface area contributed by atoms with Gasteiger partial charge in [-0.25, -0.2) is 0 Å². The number of nitro groups is 1. The van der Waals surface area contributed by atoms with Crippen LogP contribution in [0.4, 0.5) is 11.4 Å². The van der Waals surface area contributed by atoms with Crippen LogP contribution in [0.25, 0.3) is 0 Å². The molecule has 3 rings (SSSR count). The summed E-state index contributed by atoms with van der Waals surface area (Å²) in [6.45, 7) is 4.65. The van der Waals surface area contributed by atoms with Crippen molar-refractivity contribution >= 4 is 28.6 Å². The third-order valence-corrected chi connectivity index (χ3v) is 5.32. The first-order valence-electron chi connectivity index (χ1n) is 8.45. The van der Waals surface area contributed by atoms with E-state index < -0.39 is 0 Å². The van der Waals surface area contributed by atoms with Crippen LogP contribution in [0.2, 0.25) is 0 Å². The number of hydrogen-bond donors (Lipinski definition) is 0. The largest absolute Gasteiger partial charge is 0.366 e. The van der Waals surface area contributed by atoms with E-state index in [1.54, 1.807) is 28.4 Å². The molecule has 0 radical (unpaired) electrons. The maximum Gasteiger partial charge on any atom is 0.293 e. The van der Waals surface area contributed by atoms with Crippen molar-refractivity contribution in [2.24, 2.45) is 0 Å². The highest BCUT2D eigenvalue weighted by Gasteiger charge is 2.25. The molecule has 1 aromatic carbocycles. The Morgan fingerprint density at radius 1 is 1.32 bits per heavy atom. The van der Waals surface area contributed by atoms with E-state index in [-0.39, 0.29) is 16.5 Å². The number of benzene rings is 1. The number of hydrogen-bond acceptors (Lipinski definition) is 5. The van der Waals surface area contributed by atoms with Crippen molar-refractivity contribution < 1.29 is 9.72 Å². The molecule has 7 heteroatoms. The van der Waals surface area contributed by atoms with Crippen molar-refractivity contribution in [2.75, 3.05) is 24.5 Å². The van der Waals surface area contributed by atoms with E-state index in [1.807, 2.05) is 29.3 Å². The van der Waals surface area contributed by atoms with Gasteiger partial charge in [0.05, 0.1) is 11.5 Å². The zero-order valence-corrected chi connectivity index (χ0v) is 15.0. The molecule has 2 aromatic rings. The summed E-state index contributed by atoms with van der Waals surface area (Å²) in [6, 6.07) is 8.79. The molecule has 1 amide bonds. The quantitative estimate of drug-likeness (QED) is 0.579. The van der Waals surface area contributed by atoms with Gasteiger partial charge in [-0.1, -0.05) is 6.07 Å². The summed E-state index contributed by atoms with van der Waals surface area (Å²) in [4.78, 5) is 28.7. The number of carbonyl (C=O) groups is 1. The summed E-state index contributed by atoms with van der Waals surface area (Å²) >= 11 is 1.60. The standard InChI is InChI=1S/C18H21N3O3S/c1-2-19(13-15-6-5-11-25-15)18(22)14-7-8-16(17(12-14)21(23)24)20-9-3-4-10-20/h5-8,11-12H,2-4,9-10,13H2,1H3. The lowest BCUT2D eigenvalue weighted by Gasteiger charge is -2.21. The van der Waals surface area contributed by atoms with Crippen LogP contribution in [-0.4, -0.2) is 35.4 Å². The minimum absolute atomic E-state index is 0.0138. The van der Waals surface area contributed by atoms with Gasteiger partial charge in [0.1, 0.15) is 5.69 Å². The van der Waals surface area contributed by atoms with Gasteiger partial charge in [-0.05, 0) is 43.3 Å². The molecular formula is C18H21N3O3S. The lowest BCUT2D eigenvalue weighted by Crippen LogP contribution is -2.30. The third-order valence-electron chi connectivity index (χ3n) is 4.46. The molecule has 1 aromatic heterocycles. The van der Waals surface area contributed by atoms with Gasteiger partial charge in [0, 0.05) is 36.1 Å². The molecule has 0 bridgehead atoms. The Morgan fingerprint density at radius 2 is 2.08 bits per heavy atom. The first-order chi connectivity index (χ1) is 12.1. The summed E-state index contributed by atoms with van der Waals surface area (Å²) in [5.41, 5.74) is 0.994. The van der Waals surface area contributed by atoms with Crippen molar-refractivity contribution in [1.82, 2.24) is 4.90 Å². The van der Waals surface area contributed by atoms with Gasteiger partial charge in [0.2, 0.25) is 0 Å². The predicted molar refractivity (Wildman–Crippen MR) is 99.3 cm³/mol. The van der Waals surface area contributed by atoms with E-state index in [0.717, 1.165) is 30.8 Å². The van der Waals surface area contributed by atoms with Crippen LogP contribution < -0.4 is 4.90 Å². The van der Waals surface area contributed by atoms with Gasteiger partial charge < -0.3 is 9.80 Å². The summed E-state index contributed by atoms with van der Waals surface area (Å²) in [5.74, 6) is -0.174. The third kappa shape index (κ3) is 3.82. The molecule has 1 saturated heterocycles. The van der Waals surface area contributed by atoms with Crippen LogP contribution in [0.15, 0.2) is 35.7 Å². The van der Waals surface area contributed by atoms with Gasteiger partial charge in [-0.3, -0.25) is 14.9 Å². The highest BCUT2D eigenvalue weighted by atomic mass is 32.1. The second-order valence-corrected chi connectivity index (χ2v) is 7.09. The van der Waals surface area contributed by atoms with E-state index in [2.05, 4.69) is 0 Å². The zero-order chi connectivity index (χ0) is 17.8. The minimum Gasteiger partial charge on any atom is -0.366 e. The number of nitrogens with zero attached hydrogens (tertiary/aromatic N) is 3. The zero-order valence-electron chi connectivity index (χ0n) is 14.2. The van der Waals surface area contributed by atoms with Crippen LogP contribution in [0, 0.1) is 10.1 Å². The van der Waals surface area contributed by atoms with Crippen LogP contribution >= 0.6 is 11.3 Å². The number of amides is 1. The Labute approximate surface area is 150 Å². The molecule has 0 unspecified atom stereocenters. The first kappa shape index (κ1) is 17.4. The van der Waals surface area contributed by atoms with Crippen molar-refractivity contribution in [3.63, 3.8) is 0 Å². The van der Waals surface area contributed by atoms with E-state index in [4.69, 9.17) is 0 Å². The lowest BCUT2D eigenvalue weighted by molar-refractivity contribution is -0.384. The van der Waals surface area contributed by atoms with Gasteiger partial charge in [0.25, 0.3) is 11.6 Å². The van der Waals surface area contributed by atoms with Gasteiger partial charge in [-0.15, -0.1) is 11.3 Å². The van der Waals surface area contributed by atoms with Gasteiger partial charge in [0.15, 0.2) is 0 Å². The fraction of sp³-hybridized carbons (Fsp3) is 0.389. The van der Waals surface area contributed by atoms with Crippen molar-refractivity contribution in [2.45, 2.75) is 26.3 Å². The molecule has 1 fully saturated rings. The normalized spacial score (nSPS) is 13.9. The number of anilines is 1. The van der Waals surface area contributed by atoms with Crippen molar-refractivity contribution in [3.05, 3.63) is 56.3 Å². The molecule has 25 heavy (non-hydrogen) atoms. The topological polar surface area (TPSA) is 66.7 Å². The molecule has 132 valence electrons. The molecule has 0 saturated carbocycles. The average Bonchev–Trinajstić information content (AvgIpc) is 3.32. The molecule has 0 spiro atoms. The van der Waals surface area contributed by atoms with E-state index >= 15 is 0 Å². The highest BCUT2D eigenvalue weighted by Crippen LogP contribution is 2.32. The van der Waals surface area contributed by atoms with Gasteiger partial charge >= 0.3 is 0 Å². The van der Waals surface area contributed by atoms with Crippen LogP contribution in [0.1, 0.15) is 35.0 Å². The summed E-state index contributed by atoms with van der Waals surface area (Å²) < 4.78 is 0. The molecule has 2 heterocycles. The fourth-order valence-electron chi connectivity index (χ4n) is 3.13. The van der Waals surface area contributed by atoms with E-state index in [1.165, 1.54) is 6.07 Å². The Morgan fingerprint density at radius 3 is 2.68 bits per heavy atom. The Kier molecular flexibility index (Phi) is 5.33. The minimum atomic E-state index is -0.389. The maximum absolute atomic E-state index is 12.8. The molecule has 1 aliphatic heterocycles. The number of nitro benzene ring substituents is 1. The average molecular weight is 359 g/mol. The van der Waals surface area contributed by atoms with Crippen molar-refractivity contribution in [1.29, 1.82) is 0 Å². The van der Waals surface area contributed by atoms with Crippen LogP contribution in [0.5, 0.6) is 0 Å².